The van der Waals surface area contributed by atoms with Crippen molar-refractivity contribution >= 4 is 23.2 Å². The van der Waals surface area contributed by atoms with Crippen LogP contribution in [0.3, 0.4) is 0 Å². The lowest BCUT2D eigenvalue weighted by Gasteiger charge is -2.08. The summed E-state index contributed by atoms with van der Waals surface area (Å²) < 4.78 is 12.9. The quantitative estimate of drug-likeness (QED) is 0.633. The second-order valence-electron chi connectivity index (χ2n) is 6.05. The van der Waals surface area contributed by atoms with Crippen molar-refractivity contribution in [3.63, 3.8) is 0 Å². The molecule has 4 nitrogen and oxygen atoms in total. The molecule has 3 aromatic rings. The molecule has 0 unspecified atom stereocenters. The van der Waals surface area contributed by atoms with E-state index in [0.717, 1.165) is 34.8 Å². The Kier molecular flexibility index (Phi) is 6.39. The zero-order valence-electron chi connectivity index (χ0n) is 14.6. The number of carbonyl (C=O) groups excluding carboxylic acids is 1. The number of anilines is 1. The van der Waals surface area contributed by atoms with Gasteiger partial charge in [-0.25, -0.2) is 9.37 Å². The van der Waals surface area contributed by atoms with Crippen molar-refractivity contribution in [1.82, 2.24) is 10.3 Å². The highest BCUT2D eigenvalue weighted by Gasteiger charge is 2.07. The third-order valence-corrected chi connectivity index (χ3v) is 4.23. The standard InChI is InChI=1S/C21H19ClFN3O/c22-17-3-1-2-15(12-17)10-11-24-19-8-9-20(25-14-19)21(27)26-13-16-4-6-18(23)7-5-16/h1-9,12,14,24H,10-11,13H2,(H,26,27). The maximum atomic E-state index is 12.9. The van der Waals surface area contributed by atoms with Crippen LogP contribution in [0.2, 0.25) is 5.02 Å². The van der Waals surface area contributed by atoms with Crippen LogP contribution in [0, 0.1) is 5.82 Å². The van der Waals surface area contributed by atoms with Gasteiger partial charge in [0.25, 0.3) is 5.91 Å². The Balaban J connectivity index is 1.47. The molecule has 2 aromatic carbocycles. The number of rotatable bonds is 7. The summed E-state index contributed by atoms with van der Waals surface area (Å²) in [5.41, 5.74) is 3.15. The minimum Gasteiger partial charge on any atom is -0.383 e. The molecule has 2 N–H and O–H groups in total. The van der Waals surface area contributed by atoms with Gasteiger partial charge in [0.2, 0.25) is 0 Å². The van der Waals surface area contributed by atoms with Crippen molar-refractivity contribution in [2.45, 2.75) is 13.0 Å². The van der Waals surface area contributed by atoms with E-state index in [9.17, 15) is 9.18 Å². The van der Waals surface area contributed by atoms with Crippen LogP contribution in [0.25, 0.3) is 0 Å². The molecule has 0 saturated carbocycles. The zero-order chi connectivity index (χ0) is 19.1. The first-order chi connectivity index (χ1) is 13.1. The van der Waals surface area contributed by atoms with E-state index in [-0.39, 0.29) is 11.7 Å². The van der Waals surface area contributed by atoms with Crippen LogP contribution >= 0.6 is 11.6 Å². The predicted molar refractivity (Wildman–Crippen MR) is 105 cm³/mol. The fourth-order valence-corrected chi connectivity index (χ4v) is 2.76. The number of carbonyl (C=O) groups is 1. The fraction of sp³-hybridized carbons (Fsp3) is 0.143. The molecule has 138 valence electrons. The lowest BCUT2D eigenvalue weighted by molar-refractivity contribution is 0.0946. The van der Waals surface area contributed by atoms with Crippen molar-refractivity contribution in [1.29, 1.82) is 0 Å². The van der Waals surface area contributed by atoms with Crippen LogP contribution in [0.15, 0.2) is 66.9 Å². The highest BCUT2D eigenvalue weighted by molar-refractivity contribution is 6.30. The molecule has 3 rings (SSSR count). The largest absolute Gasteiger partial charge is 0.383 e. The van der Waals surface area contributed by atoms with Crippen LogP contribution in [-0.4, -0.2) is 17.4 Å². The molecule has 6 heteroatoms. The number of benzene rings is 2. The topological polar surface area (TPSA) is 54.0 Å². The molecule has 0 spiro atoms. The Morgan fingerprint density at radius 2 is 1.85 bits per heavy atom. The second kappa shape index (κ2) is 9.14. The van der Waals surface area contributed by atoms with Crippen molar-refractivity contribution in [3.8, 4) is 0 Å². The van der Waals surface area contributed by atoms with Crippen LogP contribution < -0.4 is 10.6 Å². The van der Waals surface area contributed by atoms with Crippen molar-refractivity contribution in [2.75, 3.05) is 11.9 Å². The summed E-state index contributed by atoms with van der Waals surface area (Å²) in [6.45, 7) is 1.05. The second-order valence-corrected chi connectivity index (χ2v) is 6.48. The molecule has 1 amide bonds. The molecule has 0 radical (unpaired) electrons. The third kappa shape index (κ3) is 5.79. The van der Waals surface area contributed by atoms with Gasteiger partial charge in [0.05, 0.1) is 11.9 Å². The molecule has 0 fully saturated rings. The van der Waals surface area contributed by atoms with Gasteiger partial charge in [-0.05, 0) is 53.9 Å². The first kappa shape index (κ1) is 18.9. The van der Waals surface area contributed by atoms with Gasteiger partial charge in [-0.15, -0.1) is 0 Å². The molecule has 0 aliphatic rings. The first-order valence-corrected chi connectivity index (χ1v) is 8.95. The lowest BCUT2D eigenvalue weighted by Crippen LogP contribution is -2.23. The molecular weight excluding hydrogens is 365 g/mol. The maximum absolute atomic E-state index is 12.9. The fourth-order valence-electron chi connectivity index (χ4n) is 2.55. The van der Waals surface area contributed by atoms with Crippen LogP contribution in [0.1, 0.15) is 21.6 Å². The van der Waals surface area contributed by atoms with E-state index in [2.05, 4.69) is 15.6 Å². The average Bonchev–Trinajstić information content (AvgIpc) is 2.68. The molecule has 27 heavy (non-hydrogen) atoms. The van der Waals surface area contributed by atoms with Gasteiger partial charge in [0, 0.05) is 18.1 Å². The smallest absolute Gasteiger partial charge is 0.270 e. The number of amides is 1. The zero-order valence-corrected chi connectivity index (χ0v) is 15.3. The van der Waals surface area contributed by atoms with Crippen LogP contribution in [0.5, 0.6) is 0 Å². The maximum Gasteiger partial charge on any atom is 0.270 e. The van der Waals surface area contributed by atoms with E-state index in [1.54, 1.807) is 24.4 Å². The number of pyridine rings is 1. The Hall–Kier alpha value is -2.92. The van der Waals surface area contributed by atoms with Crippen LogP contribution in [0.4, 0.5) is 10.1 Å². The van der Waals surface area contributed by atoms with E-state index in [1.165, 1.54) is 12.1 Å². The summed E-state index contributed by atoms with van der Waals surface area (Å²) in [6.07, 6.45) is 2.46. The van der Waals surface area contributed by atoms with Gasteiger partial charge in [0.1, 0.15) is 11.5 Å². The highest BCUT2D eigenvalue weighted by atomic mass is 35.5. The number of hydrogen-bond acceptors (Lipinski definition) is 3. The number of nitrogens with zero attached hydrogens (tertiary/aromatic N) is 1. The van der Waals surface area contributed by atoms with Crippen molar-refractivity contribution in [3.05, 3.63) is 94.5 Å². The number of halogens is 2. The van der Waals surface area contributed by atoms with Gasteiger partial charge in [-0.3, -0.25) is 4.79 Å². The molecule has 0 aliphatic heterocycles. The number of nitrogens with one attached hydrogen (secondary N) is 2. The molecule has 0 saturated heterocycles. The Bertz CT molecular complexity index is 898. The van der Waals surface area contributed by atoms with Crippen molar-refractivity contribution in [2.24, 2.45) is 0 Å². The summed E-state index contributed by atoms with van der Waals surface area (Å²) in [4.78, 5) is 16.3. The molecule has 0 bridgehead atoms. The number of hydrogen-bond donors (Lipinski definition) is 2. The van der Waals surface area contributed by atoms with Gasteiger partial charge in [-0.1, -0.05) is 35.9 Å². The van der Waals surface area contributed by atoms with Crippen LogP contribution in [-0.2, 0) is 13.0 Å². The SMILES string of the molecule is O=C(NCc1ccc(F)cc1)c1ccc(NCCc2cccc(Cl)c2)cn1. The van der Waals surface area contributed by atoms with Gasteiger partial charge in [0.15, 0.2) is 0 Å². The average molecular weight is 384 g/mol. The van der Waals surface area contributed by atoms with Gasteiger partial charge in [-0.2, -0.15) is 0 Å². The summed E-state index contributed by atoms with van der Waals surface area (Å²) >= 11 is 5.97. The Morgan fingerprint density at radius 3 is 2.56 bits per heavy atom. The van der Waals surface area contributed by atoms with E-state index < -0.39 is 0 Å². The summed E-state index contributed by atoms with van der Waals surface area (Å²) in [7, 11) is 0. The van der Waals surface area contributed by atoms with E-state index in [0.29, 0.717) is 12.2 Å². The molecule has 0 aliphatic carbocycles. The summed E-state index contributed by atoms with van der Waals surface area (Å²) in [6, 6.07) is 17.2. The minimum absolute atomic E-state index is 0.273. The Morgan fingerprint density at radius 1 is 1.04 bits per heavy atom. The molecule has 0 atom stereocenters. The lowest BCUT2D eigenvalue weighted by atomic mass is 10.1. The first-order valence-electron chi connectivity index (χ1n) is 8.57. The molecule has 1 aromatic heterocycles. The summed E-state index contributed by atoms with van der Waals surface area (Å²) in [5.74, 6) is -0.574. The van der Waals surface area contributed by atoms with Gasteiger partial charge >= 0.3 is 0 Å². The van der Waals surface area contributed by atoms with Gasteiger partial charge < -0.3 is 10.6 Å². The predicted octanol–water partition coefficient (Wildman–Crippen LogP) is 4.46. The third-order valence-electron chi connectivity index (χ3n) is 3.99. The summed E-state index contributed by atoms with van der Waals surface area (Å²) in [5, 5.41) is 6.76. The van der Waals surface area contributed by atoms with E-state index >= 15 is 0 Å². The molecular formula is C21H19ClFN3O. The van der Waals surface area contributed by atoms with E-state index in [1.807, 2.05) is 30.3 Å². The van der Waals surface area contributed by atoms with Crippen molar-refractivity contribution < 1.29 is 9.18 Å². The monoisotopic (exact) mass is 383 g/mol. The Labute approximate surface area is 162 Å². The number of aromatic nitrogens is 1. The molecule has 1 heterocycles. The van der Waals surface area contributed by atoms with E-state index in [4.69, 9.17) is 11.6 Å². The highest BCUT2D eigenvalue weighted by Crippen LogP contribution is 2.12. The normalized spacial score (nSPS) is 10.4. The minimum atomic E-state index is -0.301.